The predicted molar refractivity (Wildman–Crippen MR) is 128 cm³/mol. The van der Waals surface area contributed by atoms with Crippen molar-refractivity contribution < 1.29 is 25.2 Å². The van der Waals surface area contributed by atoms with Gasteiger partial charge in [0.15, 0.2) is 6.10 Å². The van der Waals surface area contributed by atoms with Crippen LogP contribution in [0.2, 0.25) is 0 Å². The van der Waals surface area contributed by atoms with E-state index >= 15 is 0 Å². The molecule has 1 saturated heterocycles. The van der Waals surface area contributed by atoms with Crippen molar-refractivity contribution in [2.75, 3.05) is 13.1 Å². The van der Waals surface area contributed by atoms with Crippen LogP contribution in [0.4, 0.5) is 0 Å². The minimum absolute atomic E-state index is 0.441. The fourth-order valence-electron chi connectivity index (χ4n) is 4.87. The second-order valence-electron chi connectivity index (χ2n) is 9.64. The monoisotopic (exact) mass is 456 g/mol. The van der Waals surface area contributed by atoms with Gasteiger partial charge < -0.3 is 30.1 Å². The van der Waals surface area contributed by atoms with Gasteiger partial charge in [-0.25, -0.2) is 4.99 Å². The molecule has 0 amide bonds. The fraction of sp³-hybridized carbons (Fsp3) is 0.960. The topological polar surface area (TPSA) is 106 Å². The van der Waals surface area contributed by atoms with Gasteiger partial charge in [0.1, 0.15) is 30.5 Å². The number of hydrogen-bond acceptors (Lipinski definition) is 6. The molecule has 1 aliphatic carbocycles. The molecule has 1 aliphatic heterocycles. The third-order valence-electron chi connectivity index (χ3n) is 6.93. The summed E-state index contributed by atoms with van der Waals surface area (Å²) in [6.07, 6.45) is 10.7. The molecule has 2 fully saturated rings. The molecule has 0 aromatic rings. The van der Waals surface area contributed by atoms with Gasteiger partial charge in [-0.3, -0.25) is 0 Å². The Bertz CT molecular complexity index is 532. The lowest BCUT2D eigenvalue weighted by Gasteiger charge is -2.41. The Labute approximate surface area is 194 Å². The number of rotatable bonds is 16. The summed E-state index contributed by atoms with van der Waals surface area (Å²) in [6.45, 7) is 5.75. The van der Waals surface area contributed by atoms with Crippen molar-refractivity contribution in [3.8, 4) is 0 Å². The zero-order valence-electron chi connectivity index (χ0n) is 20.4. The minimum atomic E-state index is -1.42. The first kappa shape index (κ1) is 27.4. The van der Waals surface area contributed by atoms with Gasteiger partial charge in [0.2, 0.25) is 0 Å². The highest BCUT2D eigenvalue weighted by Crippen LogP contribution is 2.33. The van der Waals surface area contributed by atoms with Crippen LogP contribution in [0.15, 0.2) is 4.99 Å². The lowest BCUT2D eigenvalue weighted by Crippen LogP contribution is -2.65. The second-order valence-corrected chi connectivity index (χ2v) is 9.64. The maximum Gasteiger partial charge on any atom is 0.288 e. The number of amidine groups is 1. The lowest BCUT2D eigenvalue weighted by atomic mass is 9.83. The maximum absolute atomic E-state index is 10.6. The van der Waals surface area contributed by atoms with Crippen LogP contribution in [0.5, 0.6) is 0 Å². The van der Waals surface area contributed by atoms with Crippen molar-refractivity contribution in [2.24, 2.45) is 4.99 Å². The number of aliphatic hydroxyl groups excluding tert-OH is 4. The molecule has 6 atom stereocenters. The van der Waals surface area contributed by atoms with E-state index in [4.69, 9.17) is 4.74 Å². The zero-order chi connectivity index (χ0) is 23.3. The summed E-state index contributed by atoms with van der Waals surface area (Å²) in [6, 6.07) is -0.146. The van der Waals surface area contributed by atoms with Gasteiger partial charge in [-0.1, -0.05) is 90.9 Å². The molecular weight excluding hydrogens is 408 g/mol. The first-order valence-corrected chi connectivity index (χ1v) is 13.2. The van der Waals surface area contributed by atoms with Crippen LogP contribution in [0, 0.1) is 0 Å². The van der Waals surface area contributed by atoms with E-state index in [-0.39, 0.29) is 0 Å². The summed E-state index contributed by atoms with van der Waals surface area (Å²) in [4.78, 5) is 6.57. The highest BCUT2D eigenvalue weighted by atomic mass is 16.5. The number of aliphatic imine (C=N–C) groups is 1. The summed E-state index contributed by atoms with van der Waals surface area (Å²) in [5.74, 6) is 0. The molecule has 0 bridgehead atoms. The lowest BCUT2D eigenvalue weighted by molar-refractivity contribution is -0.182. The minimum Gasteiger partial charge on any atom is -0.457 e. The predicted octanol–water partition coefficient (Wildman–Crippen LogP) is 3.37. The van der Waals surface area contributed by atoms with Crippen LogP contribution in [-0.2, 0) is 4.74 Å². The molecule has 7 nitrogen and oxygen atoms in total. The van der Waals surface area contributed by atoms with Crippen LogP contribution in [0.1, 0.15) is 104 Å². The summed E-state index contributed by atoms with van der Waals surface area (Å²) in [7, 11) is 0. The van der Waals surface area contributed by atoms with Crippen LogP contribution >= 0.6 is 0 Å². The van der Waals surface area contributed by atoms with E-state index in [1.54, 1.807) is 0 Å². The van der Waals surface area contributed by atoms with Gasteiger partial charge in [-0.15, -0.1) is 0 Å². The van der Waals surface area contributed by atoms with Crippen LogP contribution < -0.4 is 0 Å². The third kappa shape index (κ3) is 7.86. The number of unbranched alkanes of at least 4 members (excludes halogenated alkanes) is 12. The van der Waals surface area contributed by atoms with E-state index in [9.17, 15) is 20.4 Å². The summed E-state index contributed by atoms with van der Waals surface area (Å²) in [5, 5.41) is 41.4. The largest absolute Gasteiger partial charge is 0.457 e. The van der Waals surface area contributed by atoms with Crippen molar-refractivity contribution in [3.63, 3.8) is 0 Å². The van der Waals surface area contributed by atoms with Crippen molar-refractivity contribution >= 4 is 6.02 Å². The zero-order valence-corrected chi connectivity index (χ0v) is 20.4. The van der Waals surface area contributed by atoms with Crippen molar-refractivity contribution in [1.82, 2.24) is 4.90 Å². The summed E-state index contributed by atoms with van der Waals surface area (Å²) in [5.41, 5.74) is 0. The molecule has 4 N–H and O–H groups in total. The molecule has 2 rings (SSSR count). The van der Waals surface area contributed by atoms with Crippen molar-refractivity contribution in [3.05, 3.63) is 0 Å². The van der Waals surface area contributed by atoms with E-state index in [1.807, 2.05) is 4.90 Å². The Balaban J connectivity index is 1.90. The molecule has 0 aromatic carbocycles. The van der Waals surface area contributed by atoms with Gasteiger partial charge in [0, 0.05) is 13.1 Å². The fourth-order valence-corrected chi connectivity index (χ4v) is 4.87. The molecule has 0 aromatic heterocycles. The number of hydrogen-bond donors (Lipinski definition) is 4. The average Bonchev–Trinajstić information content (AvgIpc) is 3.16. The molecular formula is C25H48N2O5. The first-order chi connectivity index (χ1) is 15.5. The molecule has 32 heavy (non-hydrogen) atoms. The summed E-state index contributed by atoms with van der Waals surface area (Å²) >= 11 is 0. The van der Waals surface area contributed by atoms with E-state index in [0.29, 0.717) is 19.1 Å². The Morgan fingerprint density at radius 2 is 1.16 bits per heavy atom. The molecule has 2 aliphatic rings. The van der Waals surface area contributed by atoms with Crippen LogP contribution in [0.3, 0.4) is 0 Å². The van der Waals surface area contributed by atoms with Crippen molar-refractivity contribution in [2.45, 2.75) is 140 Å². The SMILES string of the molecule is CCCCCCCCCN=C1O[C@H]2[C@H](O)[C@@H](O)[C@H](O)[C@@H](O)[C@@H]2N1CCCCCCCCC. The van der Waals surface area contributed by atoms with E-state index < -0.39 is 36.6 Å². The van der Waals surface area contributed by atoms with Gasteiger partial charge in [0.25, 0.3) is 6.02 Å². The number of nitrogens with zero attached hydrogens (tertiary/aromatic N) is 2. The van der Waals surface area contributed by atoms with Crippen LogP contribution in [-0.4, -0.2) is 81.0 Å². The highest BCUT2D eigenvalue weighted by Gasteiger charge is 2.57. The smallest absolute Gasteiger partial charge is 0.288 e. The first-order valence-electron chi connectivity index (χ1n) is 13.2. The molecule has 1 heterocycles. The molecule has 0 radical (unpaired) electrons. The van der Waals surface area contributed by atoms with E-state index in [2.05, 4.69) is 18.8 Å². The highest BCUT2D eigenvalue weighted by molar-refractivity contribution is 5.77. The third-order valence-corrected chi connectivity index (χ3v) is 6.93. The number of fused-ring (bicyclic) bond motifs is 1. The maximum atomic E-state index is 10.6. The Hall–Kier alpha value is -0.890. The van der Waals surface area contributed by atoms with Gasteiger partial charge in [-0.05, 0) is 12.8 Å². The average molecular weight is 457 g/mol. The standard InChI is InChI=1S/C25H48N2O5/c1-3-5-7-9-11-13-15-17-26-25-27(18-16-14-12-10-8-6-4-2)19-20(28)21(29)22(30)23(31)24(19)32-25/h19-24,28-31H,3-18H2,1-2H3/t19-,20-,21+,22-,23+,24+/m0/s1. The van der Waals surface area contributed by atoms with E-state index in [1.165, 1.54) is 64.2 Å². The molecule has 0 unspecified atom stereocenters. The van der Waals surface area contributed by atoms with Gasteiger partial charge >= 0.3 is 0 Å². The van der Waals surface area contributed by atoms with E-state index in [0.717, 1.165) is 25.7 Å². The quantitative estimate of drug-likeness (QED) is 0.265. The molecule has 7 heteroatoms. The Morgan fingerprint density at radius 3 is 1.75 bits per heavy atom. The van der Waals surface area contributed by atoms with Gasteiger partial charge in [0.05, 0.1) is 0 Å². The van der Waals surface area contributed by atoms with Gasteiger partial charge in [-0.2, -0.15) is 0 Å². The van der Waals surface area contributed by atoms with Crippen LogP contribution in [0.25, 0.3) is 0 Å². The molecule has 1 saturated carbocycles. The number of ether oxygens (including phenoxy) is 1. The second kappa shape index (κ2) is 15.1. The molecule has 188 valence electrons. The number of aliphatic hydroxyl groups is 4. The summed E-state index contributed by atoms with van der Waals surface area (Å²) < 4.78 is 5.94. The Morgan fingerprint density at radius 1 is 0.656 bits per heavy atom. The molecule has 0 spiro atoms. The Kier molecular flexibility index (Phi) is 12.9. The normalized spacial score (nSPS) is 31.2. The van der Waals surface area contributed by atoms with Crippen molar-refractivity contribution in [1.29, 1.82) is 0 Å².